The van der Waals surface area contributed by atoms with Crippen molar-refractivity contribution in [2.45, 2.75) is 38.0 Å². The first-order valence-electron chi connectivity index (χ1n) is 13.5. The molecule has 1 aliphatic heterocycles. The first-order chi connectivity index (χ1) is 18.6. The highest BCUT2D eigenvalue weighted by molar-refractivity contribution is 5.92. The van der Waals surface area contributed by atoms with Crippen LogP contribution in [0, 0.1) is 17.7 Å². The zero-order chi connectivity index (χ0) is 26.5. The number of likely N-dealkylation sites (tertiary alicyclic amines) is 1. The molecule has 1 aliphatic carbocycles. The summed E-state index contributed by atoms with van der Waals surface area (Å²) in [5, 5.41) is 8.31. The minimum Gasteiger partial charge on any atom is -0.493 e. The molecule has 0 unspecified atom stereocenters. The zero-order valence-electron chi connectivity index (χ0n) is 22.1. The fraction of sp³-hybridized carbons (Fsp3) is 0.467. The van der Waals surface area contributed by atoms with Gasteiger partial charge < -0.3 is 24.2 Å². The van der Waals surface area contributed by atoms with Gasteiger partial charge in [-0.2, -0.15) is 0 Å². The van der Waals surface area contributed by atoms with E-state index in [1.54, 1.807) is 32.4 Å². The number of rotatable bonds is 9. The number of nitrogens with one attached hydrogen (secondary N) is 1. The summed E-state index contributed by atoms with van der Waals surface area (Å²) in [6, 6.07) is 10.3. The van der Waals surface area contributed by atoms with Crippen LogP contribution in [0.3, 0.4) is 0 Å². The third kappa shape index (κ3) is 5.85. The summed E-state index contributed by atoms with van der Waals surface area (Å²) in [5.41, 5.74) is 2.28. The lowest BCUT2D eigenvalue weighted by Crippen LogP contribution is -2.39. The number of aromatic nitrogens is 1. The second-order valence-corrected chi connectivity index (χ2v) is 10.4. The molecule has 1 saturated carbocycles. The fourth-order valence-electron chi connectivity index (χ4n) is 6.07. The van der Waals surface area contributed by atoms with E-state index in [0.717, 1.165) is 55.5 Å². The molecular weight excluding hydrogens is 485 g/mol. The number of carbonyl (C=O) groups excluding carboxylic acids is 1. The molecule has 202 valence electrons. The molecule has 1 amide bonds. The zero-order valence-corrected chi connectivity index (χ0v) is 22.1. The first kappa shape index (κ1) is 26.2. The number of halogens is 1. The van der Waals surface area contributed by atoms with Gasteiger partial charge in [-0.25, -0.2) is 4.39 Å². The second kappa shape index (κ2) is 12.0. The van der Waals surface area contributed by atoms with Crippen LogP contribution in [-0.2, 0) is 4.79 Å². The number of hydrogen-bond acceptors (Lipinski definition) is 6. The van der Waals surface area contributed by atoms with Crippen LogP contribution in [0.25, 0.3) is 17.0 Å². The molecule has 2 aliphatic rings. The fourth-order valence-corrected chi connectivity index (χ4v) is 6.07. The molecule has 5 rings (SSSR count). The molecule has 2 fully saturated rings. The van der Waals surface area contributed by atoms with Crippen LogP contribution in [0.5, 0.6) is 11.5 Å². The Labute approximate surface area is 223 Å². The predicted molar refractivity (Wildman–Crippen MR) is 145 cm³/mol. The molecule has 2 aromatic carbocycles. The number of benzene rings is 2. The number of methoxy groups -OCH3 is 2. The quantitative estimate of drug-likeness (QED) is 0.380. The lowest BCUT2D eigenvalue weighted by Gasteiger charge is -2.34. The van der Waals surface area contributed by atoms with E-state index in [-0.39, 0.29) is 11.7 Å². The maximum atomic E-state index is 13.5. The summed E-state index contributed by atoms with van der Waals surface area (Å²) in [5.74, 6) is 2.27. The maximum absolute atomic E-state index is 13.5. The summed E-state index contributed by atoms with van der Waals surface area (Å²) < 4.78 is 29.7. The summed E-state index contributed by atoms with van der Waals surface area (Å²) >= 11 is 0. The molecular formula is C30H36FN3O4. The molecule has 2 heterocycles. The van der Waals surface area contributed by atoms with Gasteiger partial charge in [0.25, 0.3) is 0 Å². The number of fused-ring (bicyclic) bond motifs is 1. The molecule has 0 radical (unpaired) electrons. The van der Waals surface area contributed by atoms with Crippen molar-refractivity contribution in [3.63, 3.8) is 0 Å². The molecule has 1 aromatic heterocycles. The van der Waals surface area contributed by atoms with Crippen LogP contribution >= 0.6 is 0 Å². The van der Waals surface area contributed by atoms with Crippen molar-refractivity contribution in [1.29, 1.82) is 0 Å². The Morgan fingerprint density at radius 2 is 1.95 bits per heavy atom. The van der Waals surface area contributed by atoms with Crippen LogP contribution in [0.1, 0.15) is 49.3 Å². The minimum atomic E-state index is -0.301. The topological polar surface area (TPSA) is 76.8 Å². The van der Waals surface area contributed by atoms with E-state index in [9.17, 15) is 9.18 Å². The number of ether oxygens (including phenoxy) is 2. The van der Waals surface area contributed by atoms with Crippen molar-refractivity contribution in [2.24, 2.45) is 11.8 Å². The van der Waals surface area contributed by atoms with Gasteiger partial charge in [0.1, 0.15) is 5.82 Å². The van der Waals surface area contributed by atoms with E-state index in [4.69, 9.17) is 14.0 Å². The van der Waals surface area contributed by atoms with Crippen molar-refractivity contribution in [3.05, 3.63) is 59.5 Å². The van der Waals surface area contributed by atoms with Crippen molar-refractivity contribution in [1.82, 2.24) is 15.4 Å². The Balaban J connectivity index is 1.10. The smallest absolute Gasteiger partial charge is 0.244 e. The van der Waals surface area contributed by atoms with Crippen LogP contribution in [0.4, 0.5) is 4.39 Å². The van der Waals surface area contributed by atoms with Gasteiger partial charge in [0.15, 0.2) is 17.1 Å². The molecule has 1 saturated heterocycles. The van der Waals surface area contributed by atoms with Gasteiger partial charge in [0.05, 0.1) is 19.9 Å². The van der Waals surface area contributed by atoms with Gasteiger partial charge in [-0.15, -0.1) is 0 Å². The average Bonchev–Trinajstić information content (AvgIpc) is 3.57. The predicted octanol–water partition coefficient (Wildman–Crippen LogP) is 5.41. The van der Waals surface area contributed by atoms with Gasteiger partial charge in [0, 0.05) is 42.1 Å². The monoisotopic (exact) mass is 521 g/mol. The Morgan fingerprint density at radius 3 is 2.74 bits per heavy atom. The van der Waals surface area contributed by atoms with E-state index in [1.165, 1.54) is 25.0 Å². The molecule has 7 nitrogen and oxygen atoms in total. The highest BCUT2D eigenvalue weighted by atomic mass is 19.1. The van der Waals surface area contributed by atoms with Crippen molar-refractivity contribution < 1.29 is 23.2 Å². The van der Waals surface area contributed by atoms with Gasteiger partial charge in [-0.05, 0) is 74.9 Å². The largest absolute Gasteiger partial charge is 0.493 e. The normalized spacial score (nSPS) is 20.8. The number of amides is 1. The summed E-state index contributed by atoms with van der Waals surface area (Å²) in [6.45, 7) is 3.79. The lowest BCUT2D eigenvalue weighted by molar-refractivity contribution is -0.116. The third-order valence-corrected chi connectivity index (χ3v) is 8.13. The van der Waals surface area contributed by atoms with Crippen molar-refractivity contribution in [2.75, 3.05) is 40.4 Å². The number of para-hydroxylation sites is 1. The second-order valence-electron chi connectivity index (χ2n) is 10.4. The Morgan fingerprint density at radius 1 is 1.13 bits per heavy atom. The van der Waals surface area contributed by atoms with Crippen molar-refractivity contribution >= 4 is 23.0 Å². The van der Waals surface area contributed by atoms with Crippen LogP contribution in [-0.4, -0.2) is 56.4 Å². The summed E-state index contributed by atoms with van der Waals surface area (Å²) in [7, 11) is 3.19. The van der Waals surface area contributed by atoms with E-state index in [0.29, 0.717) is 41.4 Å². The SMILES string of the molecule is COc1cccc(/C=C/C(=O)NC[C@H]2CCC[C@@H]2CN2CCC(c3noc4cc(F)ccc34)CC2)c1OC. The number of carbonyl (C=O) groups is 1. The molecule has 3 aromatic rings. The summed E-state index contributed by atoms with van der Waals surface area (Å²) in [4.78, 5) is 15.1. The third-order valence-electron chi connectivity index (χ3n) is 8.13. The van der Waals surface area contributed by atoms with Crippen LogP contribution < -0.4 is 14.8 Å². The molecule has 1 N–H and O–H groups in total. The minimum absolute atomic E-state index is 0.0962. The lowest BCUT2D eigenvalue weighted by atomic mass is 9.89. The van der Waals surface area contributed by atoms with Gasteiger partial charge in [-0.3, -0.25) is 4.79 Å². The Hall–Kier alpha value is -3.39. The highest BCUT2D eigenvalue weighted by Crippen LogP contribution is 2.36. The van der Waals surface area contributed by atoms with E-state index >= 15 is 0 Å². The number of hydrogen-bond donors (Lipinski definition) is 1. The van der Waals surface area contributed by atoms with E-state index in [1.807, 2.05) is 18.2 Å². The van der Waals surface area contributed by atoms with Crippen molar-refractivity contribution in [3.8, 4) is 11.5 Å². The Kier molecular flexibility index (Phi) is 8.27. The first-order valence-corrected chi connectivity index (χ1v) is 13.5. The van der Waals surface area contributed by atoms with Gasteiger partial charge in [0.2, 0.25) is 5.91 Å². The maximum Gasteiger partial charge on any atom is 0.244 e. The molecule has 38 heavy (non-hydrogen) atoms. The standard InChI is InChI=1S/C30H36FN3O4/c1-36-26-8-4-5-21(30(26)37-2)9-12-28(35)32-18-22-6-3-7-23(22)19-34-15-13-20(14-16-34)29-25-11-10-24(31)17-27(25)38-33-29/h4-5,8-12,17,20,22-23H,3,6-7,13-16,18-19H2,1-2H3,(H,32,35)/b12-9+/t22-,23-/m1/s1. The molecule has 0 bridgehead atoms. The highest BCUT2D eigenvalue weighted by Gasteiger charge is 2.31. The van der Waals surface area contributed by atoms with Crippen LogP contribution in [0.15, 0.2) is 47.0 Å². The Bertz CT molecular complexity index is 1280. The van der Waals surface area contributed by atoms with Crippen LogP contribution in [0.2, 0.25) is 0 Å². The van der Waals surface area contributed by atoms with E-state index in [2.05, 4.69) is 15.4 Å². The summed E-state index contributed by atoms with van der Waals surface area (Å²) in [6.07, 6.45) is 8.93. The van der Waals surface area contributed by atoms with Gasteiger partial charge in [-0.1, -0.05) is 23.7 Å². The molecule has 8 heteroatoms. The van der Waals surface area contributed by atoms with E-state index < -0.39 is 0 Å². The molecule has 0 spiro atoms. The number of piperidine rings is 1. The van der Waals surface area contributed by atoms with Gasteiger partial charge >= 0.3 is 0 Å². The molecule has 2 atom stereocenters. The number of nitrogens with zero attached hydrogens (tertiary/aromatic N) is 2. The average molecular weight is 522 g/mol.